The third-order valence-electron chi connectivity index (χ3n) is 4.32. The summed E-state index contributed by atoms with van der Waals surface area (Å²) in [6, 6.07) is 16.9. The first-order valence-corrected chi connectivity index (χ1v) is 10.1. The second kappa shape index (κ2) is 8.43. The van der Waals surface area contributed by atoms with Crippen LogP contribution >= 0.6 is 22.9 Å². The lowest BCUT2D eigenvalue weighted by Gasteiger charge is -2.04. The normalized spacial score (nSPS) is 11.1. The maximum Gasteiger partial charge on any atom is 0.258 e. The molecular formula is C22H17ClN4OS. The number of H-pyrrole nitrogens is 1. The number of aliphatic imine (C=N–C) groups is 1. The first-order chi connectivity index (χ1) is 14.1. The lowest BCUT2D eigenvalue weighted by atomic mass is 10.1. The Kier molecular flexibility index (Phi) is 5.55. The minimum atomic E-state index is -0.216. The molecule has 0 radical (unpaired) electrons. The van der Waals surface area contributed by atoms with E-state index in [2.05, 4.69) is 32.6 Å². The van der Waals surface area contributed by atoms with Crippen molar-refractivity contribution >= 4 is 45.7 Å². The number of aromatic amines is 1. The van der Waals surface area contributed by atoms with Crippen molar-refractivity contribution in [2.45, 2.75) is 6.92 Å². The van der Waals surface area contributed by atoms with E-state index >= 15 is 0 Å². The number of aromatic nitrogens is 2. The van der Waals surface area contributed by atoms with Crippen LogP contribution in [-0.2, 0) is 0 Å². The zero-order chi connectivity index (χ0) is 20.2. The van der Waals surface area contributed by atoms with Crippen LogP contribution in [0.4, 0.5) is 10.7 Å². The molecule has 0 bridgehead atoms. The van der Waals surface area contributed by atoms with Gasteiger partial charge in [0.05, 0.1) is 17.5 Å². The summed E-state index contributed by atoms with van der Waals surface area (Å²) in [5.74, 6) is -0.216. The zero-order valence-electron chi connectivity index (χ0n) is 15.5. The van der Waals surface area contributed by atoms with Crippen LogP contribution < -0.4 is 5.32 Å². The van der Waals surface area contributed by atoms with Crippen molar-refractivity contribution in [2.75, 3.05) is 5.32 Å². The molecule has 2 aromatic heterocycles. The number of nitrogens with one attached hydrogen (secondary N) is 2. The van der Waals surface area contributed by atoms with Crippen LogP contribution in [0.1, 0.15) is 21.5 Å². The van der Waals surface area contributed by atoms with Crippen LogP contribution in [0.3, 0.4) is 0 Å². The Bertz CT molecular complexity index is 1160. The molecule has 0 aliphatic carbocycles. The summed E-state index contributed by atoms with van der Waals surface area (Å²) in [4.78, 5) is 17.2. The maximum atomic E-state index is 12.6. The first kappa shape index (κ1) is 19.1. The van der Waals surface area contributed by atoms with Gasteiger partial charge in [-0.05, 0) is 42.6 Å². The number of aryl methyl sites for hydroxylation is 1. The molecule has 0 saturated carbocycles. The van der Waals surface area contributed by atoms with Gasteiger partial charge in [0.2, 0.25) is 0 Å². The van der Waals surface area contributed by atoms with Gasteiger partial charge in [0, 0.05) is 28.1 Å². The largest absolute Gasteiger partial charge is 0.322 e. The highest BCUT2D eigenvalue weighted by atomic mass is 35.5. The van der Waals surface area contributed by atoms with E-state index < -0.39 is 0 Å². The Morgan fingerprint density at radius 2 is 1.90 bits per heavy atom. The molecule has 0 aliphatic rings. The van der Waals surface area contributed by atoms with Gasteiger partial charge in [0.15, 0.2) is 0 Å². The van der Waals surface area contributed by atoms with Crippen molar-refractivity contribution in [1.82, 2.24) is 10.2 Å². The molecule has 0 atom stereocenters. The van der Waals surface area contributed by atoms with Gasteiger partial charge in [-0.25, -0.2) is 4.99 Å². The van der Waals surface area contributed by atoms with Gasteiger partial charge in [0.25, 0.3) is 5.91 Å². The molecule has 0 saturated heterocycles. The highest BCUT2D eigenvalue weighted by Gasteiger charge is 2.13. The Morgan fingerprint density at radius 1 is 1.14 bits per heavy atom. The van der Waals surface area contributed by atoms with E-state index in [1.807, 2.05) is 24.4 Å². The number of amides is 1. The van der Waals surface area contributed by atoms with Crippen molar-refractivity contribution < 1.29 is 4.79 Å². The molecule has 144 valence electrons. The molecular weight excluding hydrogens is 404 g/mol. The summed E-state index contributed by atoms with van der Waals surface area (Å²) >= 11 is 7.30. The summed E-state index contributed by atoms with van der Waals surface area (Å²) in [6.07, 6.45) is 3.45. The SMILES string of the molecule is Cc1ccc(-c2[nH]ncc2/C=N/c2sccc2C(=O)Nc2ccc(Cl)cc2)cc1. The summed E-state index contributed by atoms with van der Waals surface area (Å²) in [7, 11) is 0. The average molecular weight is 421 g/mol. The summed E-state index contributed by atoms with van der Waals surface area (Å²) < 4.78 is 0. The van der Waals surface area contributed by atoms with E-state index in [9.17, 15) is 4.79 Å². The van der Waals surface area contributed by atoms with Gasteiger partial charge in [-0.3, -0.25) is 9.89 Å². The Hall–Kier alpha value is -3.22. The van der Waals surface area contributed by atoms with Crippen molar-refractivity contribution in [3.63, 3.8) is 0 Å². The molecule has 2 N–H and O–H groups in total. The van der Waals surface area contributed by atoms with Crippen molar-refractivity contribution in [3.8, 4) is 11.3 Å². The number of thiophene rings is 1. The topological polar surface area (TPSA) is 70.1 Å². The number of carbonyl (C=O) groups is 1. The predicted molar refractivity (Wildman–Crippen MR) is 120 cm³/mol. The second-order valence-electron chi connectivity index (χ2n) is 6.43. The lowest BCUT2D eigenvalue weighted by molar-refractivity contribution is 0.102. The molecule has 0 aliphatic heterocycles. The molecule has 4 aromatic rings. The van der Waals surface area contributed by atoms with Crippen LogP contribution in [0.5, 0.6) is 0 Å². The number of benzene rings is 2. The lowest BCUT2D eigenvalue weighted by Crippen LogP contribution is -2.10. The molecule has 5 nitrogen and oxygen atoms in total. The van der Waals surface area contributed by atoms with Gasteiger partial charge < -0.3 is 5.32 Å². The fraction of sp³-hybridized carbons (Fsp3) is 0.0455. The van der Waals surface area contributed by atoms with E-state index in [4.69, 9.17) is 11.6 Å². The van der Waals surface area contributed by atoms with Gasteiger partial charge in [0.1, 0.15) is 5.00 Å². The zero-order valence-corrected chi connectivity index (χ0v) is 17.1. The number of hydrogen-bond donors (Lipinski definition) is 2. The number of carbonyl (C=O) groups excluding carboxylic acids is 1. The van der Waals surface area contributed by atoms with Gasteiger partial charge in [-0.2, -0.15) is 5.10 Å². The van der Waals surface area contributed by atoms with Crippen LogP contribution in [0, 0.1) is 6.92 Å². The van der Waals surface area contributed by atoms with Gasteiger partial charge in [-0.1, -0.05) is 41.4 Å². The number of hydrogen-bond acceptors (Lipinski definition) is 4. The molecule has 29 heavy (non-hydrogen) atoms. The molecule has 1 amide bonds. The third-order valence-corrected chi connectivity index (χ3v) is 5.39. The Labute approximate surface area is 177 Å². The number of halogens is 1. The maximum absolute atomic E-state index is 12.6. The van der Waals surface area contributed by atoms with E-state index in [1.54, 1.807) is 42.7 Å². The van der Waals surface area contributed by atoms with Crippen molar-refractivity contribution in [1.29, 1.82) is 0 Å². The van der Waals surface area contributed by atoms with E-state index in [0.717, 1.165) is 16.8 Å². The average Bonchev–Trinajstić information content (AvgIpc) is 3.38. The second-order valence-corrected chi connectivity index (χ2v) is 7.76. The van der Waals surface area contributed by atoms with Crippen molar-refractivity contribution in [3.05, 3.63) is 87.9 Å². The molecule has 2 aromatic carbocycles. The first-order valence-electron chi connectivity index (χ1n) is 8.89. The fourth-order valence-electron chi connectivity index (χ4n) is 2.78. The summed E-state index contributed by atoms with van der Waals surface area (Å²) in [5.41, 5.74) is 5.15. The summed E-state index contributed by atoms with van der Waals surface area (Å²) in [5, 5.41) is 13.1. The number of anilines is 1. The molecule has 0 unspecified atom stereocenters. The Morgan fingerprint density at radius 3 is 2.66 bits per heavy atom. The Balaban J connectivity index is 1.54. The predicted octanol–water partition coefficient (Wildman–Crippen LogP) is 6.10. The van der Waals surface area contributed by atoms with E-state index in [0.29, 0.717) is 21.3 Å². The van der Waals surface area contributed by atoms with E-state index in [1.165, 1.54) is 16.9 Å². The fourth-order valence-corrected chi connectivity index (χ4v) is 3.64. The molecule has 4 rings (SSSR count). The quantitative estimate of drug-likeness (QED) is 0.383. The van der Waals surface area contributed by atoms with Gasteiger partial charge in [-0.15, -0.1) is 11.3 Å². The van der Waals surface area contributed by atoms with Crippen LogP contribution in [-0.4, -0.2) is 22.3 Å². The smallest absolute Gasteiger partial charge is 0.258 e. The number of nitrogens with zero attached hydrogens (tertiary/aromatic N) is 2. The van der Waals surface area contributed by atoms with Crippen LogP contribution in [0.15, 0.2) is 71.2 Å². The monoisotopic (exact) mass is 420 g/mol. The molecule has 2 heterocycles. The van der Waals surface area contributed by atoms with E-state index in [-0.39, 0.29) is 5.91 Å². The molecule has 7 heteroatoms. The summed E-state index contributed by atoms with van der Waals surface area (Å²) in [6.45, 7) is 2.05. The van der Waals surface area contributed by atoms with Crippen molar-refractivity contribution in [2.24, 2.45) is 4.99 Å². The standard InChI is InChI=1S/C22H17ClN4OS/c1-14-2-4-15(5-3-14)20-16(13-25-27-20)12-24-22-19(10-11-29-22)21(28)26-18-8-6-17(23)7-9-18/h2-13H,1H3,(H,25,27)(H,26,28)/b24-12+. The highest BCUT2D eigenvalue weighted by Crippen LogP contribution is 2.28. The minimum Gasteiger partial charge on any atom is -0.322 e. The number of rotatable bonds is 5. The molecule has 0 spiro atoms. The molecule has 0 fully saturated rings. The third kappa shape index (κ3) is 4.45. The minimum absolute atomic E-state index is 0.216. The van der Waals surface area contributed by atoms with Crippen LogP contribution in [0.25, 0.3) is 11.3 Å². The highest BCUT2D eigenvalue weighted by molar-refractivity contribution is 7.14. The van der Waals surface area contributed by atoms with Crippen LogP contribution in [0.2, 0.25) is 5.02 Å². The van der Waals surface area contributed by atoms with Gasteiger partial charge >= 0.3 is 0 Å².